The second-order valence-electron chi connectivity index (χ2n) is 17.0. The van der Waals surface area contributed by atoms with Crippen molar-refractivity contribution in [1.82, 2.24) is 0 Å². The van der Waals surface area contributed by atoms with Crippen LogP contribution in [-0.2, 0) is 10.8 Å². The highest BCUT2D eigenvalue weighted by Gasteiger charge is 2.58. The van der Waals surface area contributed by atoms with Crippen LogP contribution in [0.15, 0.2) is 59.2 Å². The van der Waals surface area contributed by atoms with Crippen molar-refractivity contribution in [3.63, 3.8) is 0 Å². The average molecular weight is 521 g/mol. The van der Waals surface area contributed by atoms with Crippen molar-refractivity contribution in [2.45, 2.75) is 119 Å². The smallest absolute Gasteiger partial charge is 0.0199 e. The van der Waals surface area contributed by atoms with Crippen molar-refractivity contribution in [2.75, 3.05) is 0 Å². The molecule has 1 saturated carbocycles. The topological polar surface area (TPSA) is 0 Å². The number of rotatable bonds is 1. The summed E-state index contributed by atoms with van der Waals surface area (Å²) in [5, 5.41) is 0. The molecule has 0 aromatic heterocycles. The van der Waals surface area contributed by atoms with Gasteiger partial charge in [-0.05, 0) is 92.2 Å². The highest BCUT2D eigenvalue weighted by molar-refractivity contribution is 5.81. The normalized spacial score (nSPS) is 28.8. The van der Waals surface area contributed by atoms with Gasteiger partial charge in [0.2, 0.25) is 0 Å². The molecule has 2 aromatic rings. The van der Waals surface area contributed by atoms with Crippen LogP contribution in [0, 0.1) is 28.6 Å². The van der Waals surface area contributed by atoms with E-state index < -0.39 is 0 Å². The molecule has 0 aliphatic heterocycles. The van der Waals surface area contributed by atoms with E-state index >= 15 is 0 Å². The van der Waals surface area contributed by atoms with Crippen molar-refractivity contribution in [3.8, 4) is 11.1 Å². The maximum absolute atomic E-state index is 2.71. The maximum Gasteiger partial charge on any atom is 0.0199 e. The van der Waals surface area contributed by atoms with E-state index in [9.17, 15) is 0 Å². The van der Waals surface area contributed by atoms with Gasteiger partial charge in [-0.15, -0.1) is 0 Å². The lowest BCUT2D eigenvalue weighted by molar-refractivity contribution is 0.118. The third-order valence-corrected chi connectivity index (χ3v) is 11.3. The Balaban J connectivity index is 1.62. The molecular formula is C39H52. The van der Waals surface area contributed by atoms with Crippen molar-refractivity contribution < 1.29 is 0 Å². The van der Waals surface area contributed by atoms with Crippen LogP contribution in [0.5, 0.6) is 0 Å². The van der Waals surface area contributed by atoms with Crippen LogP contribution in [0.1, 0.15) is 130 Å². The lowest BCUT2D eigenvalue weighted by Gasteiger charge is -2.46. The van der Waals surface area contributed by atoms with Crippen molar-refractivity contribution in [2.24, 2.45) is 28.6 Å². The van der Waals surface area contributed by atoms with Crippen LogP contribution in [0.25, 0.3) is 11.1 Å². The van der Waals surface area contributed by atoms with Gasteiger partial charge in [-0.3, -0.25) is 0 Å². The van der Waals surface area contributed by atoms with Crippen molar-refractivity contribution >= 4 is 0 Å². The first-order valence-corrected chi connectivity index (χ1v) is 15.7. The molecule has 4 aliphatic carbocycles. The fourth-order valence-electron chi connectivity index (χ4n) is 8.83. The summed E-state index contributed by atoms with van der Waals surface area (Å²) in [7, 11) is 0. The number of hydrogen-bond donors (Lipinski definition) is 0. The first kappa shape index (κ1) is 27.1. The number of hydrogen-bond acceptors (Lipinski definition) is 0. The molecule has 208 valence electrons. The Morgan fingerprint density at radius 3 is 1.74 bits per heavy atom. The summed E-state index contributed by atoms with van der Waals surface area (Å²) in [6.45, 7) is 26.7. The zero-order valence-corrected chi connectivity index (χ0v) is 26.7. The molecule has 4 aliphatic rings. The molecule has 2 aromatic carbocycles. The lowest BCUT2D eigenvalue weighted by atomic mass is 9.57. The summed E-state index contributed by atoms with van der Waals surface area (Å²) >= 11 is 0. The van der Waals surface area contributed by atoms with Gasteiger partial charge >= 0.3 is 0 Å². The first-order chi connectivity index (χ1) is 18.0. The van der Waals surface area contributed by atoms with E-state index in [0.717, 1.165) is 17.8 Å². The quantitative estimate of drug-likeness (QED) is 0.351. The molecule has 0 bridgehead atoms. The van der Waals surface area contributed by atoms with Gasteiger partial charge in [0, 0.05) is 11.3 Å². The second kappa shape index (κ2) is 8.47. The Labute approximate surface area is 239 Å². The lowest BCUT2D eigenvalue weighted by Crippen LogP contribution is -2.38. The van der Waals surface area contributed by atoms with Crippen LogP contribution >= 0.6 is 0 Å². The predicted octanol–water partition coefficient (Wildman–Crippen LogP) is 11.1. The minimum atomic E-state index is 0.125. The Kier molecular flexibility index (Phi) is 5.89. The summed E-state index contributed by atoms with van der Waals surface area (Å²) in [5.41, 5.74) is 14.9. The van der Waals surface area contributed by atoms with Gasteiger partial charge in [-0.25, -0.2) is 0 Å². The minimum Gasteiger partial charge on any atom is -0.0625 e. The van der Waals surface area contributed by atoms with Crippen molar-refractivity contribution in [1.29, 1.82) is 0 Å². The Morgan fingerprint density at radius 1 is 0.718 bits per heavy atom. The highest BCUT2D eigenvalue weighted by atomic mass is 14.6. The molecule has 0 nitrogen and oxygen atoms in total. The van der Waals surface area contributed by atoms with Gasteiger partial charge in [0.15, 0.2) is 0 Å². The van der Waals surface area contributed by atoms with Gasteiger partial charge in [-0.2, -0.15) is 0 Å². The third kappa shape index (κ3) is 4.06. The van der Waals surface area contributed by atoms with Crippen LogP contribution in [0.2, 0.25) is 0 Å². The standard InChI is InChI=1S/C39H52/c1-23-12-17-33-29(18-23)30-21-26(38(8,9)10)22-34(30)39(33,11)35-31-19-24(36(2,3)4)13-15-27(31)28-16-14-25(20-32(28)35)37(5,6)7/h13-16,19-20,22-23,29,33,35H,12,17-18,21H2,1-11H3. The van der Waals surface area contributed by atoms with Crippen molar-refractivity contribution in [3.05, 3.63) is 81.4 Å². The first-order valence-electron chi connectivity index (χ1n) is 15.7. The zero-order chi connectivity index (χ0) is 28.3. The maximum atomic E-state index is 2.71. The molecule has 4 unspecified atom stereocenters. The number of allylic oxidation sites excluding steroid dienone is 4. The summed E-state index contributed by atoms with van der Waals surface area (Å²) in [4.78, 5) is 0. The molecule has 39 heavy (non-hydrogen) atoms. The summed E-state index contributed by atoms with van der Waals surface area (Å²) in [5.74, 6) is 2.73. The molecule has 0 heterocycles. The predicted molar refractivity (Wildman–Crippen MR) is 168 cm³/mol. The molecule has 0 saturated heterocycles. The number of benzene rings is 2. The van der Waals surface area contributed by atoms with Gasteiger partial charge in [0.1, 0.15) is 0 Å². The van der Waals surface area contributed by atoms with E-state index in [2.05, 4.69) is 119 Å². The zero-order valence-electron chi connectivity index (χ0n) is 26.7. The fraction of sp³-hybridized carbons (Fsp3) is 0.590. The fourth-order valence-corrected chi connectivity index (χ4v) is 8.83. The summed E-state index contributed by atoms with van der Waals surface area (Å²) < 4.78 is 0. The Bertz CT molecular complexity index is 1330. The molecule has 1 fully saturated rings. The molecule has 0 amide bonds. The molecule has 0 heteroatoms. The van der Waals surface area contributed by atoms with E-state index in [1.165, 1.54) is 47.9 Å². The monoisotopic (exact) mass is 520 g/mol. The SMILES string of the molecule is CC1CCC2C(C1)C1=C(C=C(C(C)(C)C)C1)C2(C)C1c2cc(C(C)(C)C)ccc2-c2ccc(C(C)(C)C)cc21. The minimum absolute atomic E-state index is 0.125. The van der Waals surface area contributed by atoms with E-state index in [0.29, 0.717) is 5.92 Å². The molecule has 0 radical (unpaired) electrons. The highest BCUT2D eigenvalue weighted by Crippen LogP contribution is 2.69. The number of fused-ring (bicyclic) bond motifs is 5. The summed E-state index contributed by atoms with van der Waals surface area (Å²) in [6.07, 6.45) is 8.04. The largest absolute Gasteiger partial charge is 0.0625 e. The van der Waals surface area contributed by atoms with E-state index in [-0.39, 0.29) is 21.7 Å². The second-order valence-corrected chi connectivity index (χ2v) is 17.0. The van der Waals surface area contributed by atoms with E-state index in [1.807, 2.05) is 5.57 Å². The Hall–Kier alpha value is -2.08. The van der Waals surface area contributed by atoms with Gasteiger partial charge < -0.3 is 0 Å². The molecule has 0 N–H and O–H groups in total. The van der Waals surface area contributed by atoms with Crippen LogP contribution in [0.3, 0.4) is 0 Å². The van der Waals surface area contributed by atoms with Gasteiger partial charge in [0.05, 0.1) is 0 Å². The Morgan fingerprint density at radius 2 is 1.26 bits per heavy atom. The molecule has 4 atom stereocenters. The van der Waals surface area contributed by atoms with E-state index in [1.54, 1.807) is 22.3 Å². The summed E-state index contributed by atoms with van der Waals surface area (Å²) in [6, 6.07) is 15.0. The van der Waals surface area contributed by atoms with Gasteiger partial charge in [-0.1, -0.05) is 136 Å². The molecular weight excluding hydrogens is 468 g/mol. The van der Waals surface area contributed by atoms with Crippen LogP contribution < -0.4 is 0 Å². The van der Waals surface area contributed by atoms with E-state index in [4.69, 9.17) is 0 Å². The average Bonchev–Trinajstić information content (AvgIpc) is 3.47. The van der Waals surface area contributed by atoms with Gasteiger partial charge in [0.25, 0.3) is 0 Å². The van der Waals surface area contributed by atoms with Crippen LogP contribution in [-0.4, -0.2) is 0 Å². The van der Waals surface area contributed by atoms with Crippen LogP contribution in [0.4, 0.5) is 0 Å². The molecule has 0 spiro atoms. The molecule has 6 rings (SSSR count). The third-order valence-electron chi connectivity index (χ3n) is 11.3.